The van der Waals surface area contributed by atoms with Crippen molar-refractivity contribution in [1.29, 1.82) is 0 Å². The van der Waals surface area contributed by atoms with Crippen LogP contribution < -0.4 is 10.6 Å². The highest BCUT2D eigenvalue weighted by molar-refractivity contribution is 9.10. The van der Waals surface area contributed by atoms with Crippen molar-refractivity contribution in [3.8, 4) is 0 Å². The average molecular weight is 455 g/mol. The molecule has 142 valence electrons. The number of hydrogen-bond donors (Lipinski definition) is 2. The summed E-state index contributed by atoms with van der Waals surface area (Å²) < 4.78 is 0.844. The molecule has 0 aromatic heterocycles. The summed E-state index contributed by atoms with van der Waals surface area (Å²) in [5.41, 5.74) is 2.43. The summed E-state index contributed by atoms with van der Waals surface area (Å²) in [5.74, 6) is 0.124. The van der Waals surface area contributed by atoms with Crippen molar-refractivity contribution in [3.63, 3.8) is 0 Å². The third kappa shape index (κ3) is 6.25. The van der Waals surface area contributed by atoms with E-state index < -0.39 is 0 Å². The lowest BCUT2D eigenvalue weighted by Crippen LogP contribution is -2.15. The number of carbonyl (C=O) groups excluding carboxylic acids is 2. The third-order valence-corrected chi connectivity index (χ3v) is 5.53. The fourth-order valence-corrected chi connectivity index (χ4v) is 3.69. The van der Waals surface area contributed by atoms with Gasteiger partial charge < -0.3 is 10.6 Å². The molecule has 0 fully saturated rings. The van der Waals surface area contributed by atoms with E-state index in [0.29, 0.717) is 6.42 Å². The molecule has 0 saturated heterocycles. The van der Waals surface area contributed by atoms with E-state index >= 15 is 0 Å². The molecular weight excluding hydrogens is 436 g/mol. The number of para-hydroxylation sites is 1. The summed E-state index contributed by atoms with van der Waals surface area (Å²) >= 11 is 4.84. The Morgan fingerprint density at radius 2 is 1.57 bits per heavy atom. The third-order valence-electron chi connectivity index (χ3n) is 3.84. The Kier molecular flexibility index (Phi) is 7.28. The molecular formula is C22H19BrN2O2S. The lowest BCUT2D eigenvalue weighted by Gasteiger charge is -2.09. The Balaban J connectivity index is 1.52. The highest BCUT2D eigenvalue weighted by Gasteiger charge is 2.08. The molecule has 3 rings (SSSR count). The molecule has 0 bridgehead atoms. The quantitative estimate of drug-likeness (QED) is 0.472. The van der Waals surface area contributed by atoms with E-state index in [1.165, 1.54) is 11.8 Å². The van der Waals surface area contributed by atoms with Gasteiger partial charge in [0.05, 0.1) is 17.9 Å². The zero-order valence-electron chi connectivity index (χ0n) is 15.0. The summed E-state index contributed by atoms with van der Waals surface area (Å²) in [6, 6.07) is 24.6. The largest absolute Gasteiger partial charge is 0.326 e. The second-order valence-electron chi connectivity index (χ2n) is 6.06. The number of nitrogens with one attached hydrogen (secondary N) is 2. The first-order valence-electron chi connectivity index (χ1n) is 8.71. The number of amides is 2. The molecule has 0 aliphatic heterocycles. The summed E-state index contributed by atoms with van der Waals surface area (Å²) in [6.45, 7) is 0. The smallest absolute Gasteiger partial charge is 0.234 e. The molecule has 0 spiro atoms. The van der Waals surface area contributed by atoms with E-state index in [4.69, 9.17) is 0 Å². The second-order valence-corrected chi connectivity index (χ2v) is 7.96. The molecule has 0 atom stereocenters. The van der Waals surface area contributed by atoms with E-state index in [0.717, 1.165) is 26.3 Å². The molecule has 3 aromatic rings. The predicted octanol–water partition coefficient (Wildman–Crippen LogP) is 5.36. The van der Waals surface area contributed by atoms with E-state index in [1.54, 1.807) is 0 Å². The zero-order chi connectivity index (χ0) is 19.8. The fraction of sp³-hybridized carbons (Fsp3) is 0.0909. The minimum absolute atomic E-state index is 0.0694. The monoisotopic (exact) mass is 454 g/mol. The molecule has 3 aromatic carbocycles. The van der Waals surface area contributed by atoms with E-state index in [1.807, 2.05) is 78.9 Å². The van der Waals surface area contributed by atoms with Gasteiger partial charge in [0.1, 0.15) is 0 Å². The summed E-state index contributed by atoms with van der Waals surface area (Å²) in [5, 5.41) is 5.78. The van der Waals surface area contributed by atoms with Crippen molar-refractivity contribution in [2.45, 2.75) is 11.3 Å². The van der Waals surface area contributed by atoms with Gasteiger partial charge in [0.2, 0.25) is 11.8 Å². The average Bonchev–Trinajstić information content (AvgIpc) is 2.69. The van der Waals surface area contributed by atoms with Gasteiger partial charge in [0.15, 0.2) is 0 Å². The van der Waals surface area contributed by atoms with Crippen LogP contribution >= 0.6 is 27.7 Å². The Morgan fingerprint density at radius 3 is 2.36 bits per heavy atom. The Bertz CT molecular complexity index is 964. The summed E-state index contributed by atoms with van der Waals surface area (Å²) in [6.07, 6.45) is 0.326. The molecule has 28 heavy (non-hydrogen) atoms. The molecule has 0 unspecified atom stereocenters. The minimum atomic E-state index is -0.0876. The van der Waals surface area contributed by atoms with Crippen molar-refractivity contribution >= 4 is 50.9 Å². The van der Waals surface area contributed by atoms with Crippen LogP contribution in [-0.4, -0.2) is 17.6 Å². The Morgan fingerprint density at radius 1 is 0.821 bits per heavy atom. The van der Waals surface area contributed by atoms with Crippen LogP contribution in [0.3, 0.4) is 0 Å². The van der Waals surface area contributed by atoms with Gasteiger partial charge in [0, 0.05) is 15.1 Å². The van der Waals surface area contributed by atoms with E-state index in [-0.39, 0.29) is 17.6 Å². The number of carbonyl (C=O) groups is 2. The van der Waals surface area contributed by atoms with Crippen LogP contribution in [0.15, 0.2) is 88.2 Å². The molecule has 0 aliphatic rings. The number of hydrogen-bond acceptors (Lipinski definition) is 3. The van der Waals surface area contributed by atoms with Crippen LogP contribution in [0.2, 0.25) is 0 Å². The molecule has 2 N–H and O–H groups in total. The van der Waals surface area contributed by atoms with E-state index in [9.17, 15) is 9.59 Å². The van der Waals surface area contributed by atoms with Gasteiger partial charge in [0.25, 0.3) is 0 Å². The molecule has 6 heteroatoms. The first-order chi connectivity index (χ1) is 13.6. The van der Waals surface area contributed by atoms with Gasteiger partial charge in [-0.3, -0.25) is 9.59 Å². The van der Waals surface area contributed by atoms with Crippen molar-refractivity contribution in [1.82, 2.24) is 0 Å². The highest BCUT2D eigenvalue weighted by atomic mass is 79.9. The van der Waals surface area contributed by atoms with Crippen LogP contribution in [0.1, 0.15) is 5.56 Å². The maximum absolute atomic E-state index is 12.2. The van der Waals surface area contributed by atoms with Gasteiger partial charge in [-0.2, -0.15) is 0 Å². The fourth-order valence-electron chi connectivity index (χ4n) is 2.55. The van der Waals surface area contributed by atoms with Gasteiger partial charge in [-0.1, -0.05) is 48.5 Å². The number of halogens is 1. The van der Waals surface area contributed by atoms with Crippen molar-refractivity contribution < 1.29 is 9.59 Å². The van der Waals surface area contributed by atoms with Crippen molar-refractivity contribution in [3.05, 3.63) is 88.9 Å². The summed E-state index contributed by atoms with van der Waals surface area (Å²) in [4.78, 5) is 25.3. The Hall–Kier alpha value is -2.57. The normalized spacial score (nSPS) is 10.3. The van der Waals surface area contributed by atoms with Crippen molar-refractivity contribution in [2.75, 3.05) is 16.4 Å². The highest BCUT2D eigenvalue weighted by Crippen LogP contribution is 2.24. The molecule has 0 aliphatic carbocycles. The van der Waals surface area contributed by atoms with E-state index in [2.05, 4.69) is 26.6 Å². The molecule has 4 nitrogen and oxygen atoms in total. The van der Waals surface area contributed by atoms with Gasteiger partial charge in [-0.25, -0.2) is 0 Å². The molecule has 0 radical (unpaired) electrons. The topological polar surface area (TPSA) is 58.2 Å². The van der Waals surface area contributed by atoms with Crippen LogP contribution in [0.25, 0.3) is 0 Å². The minimum Gasteiger partial charge on any atom is -0.326 e. The maximum Gasteiger partial charge on any atom is 0.234 e. The van der Waals surface area contributed by atoms with Crippen LogP contribution in [0, 0.1) is 0 Å². The molecule has 0 heterocycles. The van der Waals surface area contributed by atoms with Crippen LogP contribution in [0.5, 0.6) is 0 Å². The van der Waals surface area contributed by atoms with Crippen LogP contribution in [-0.2, 0) is 16.0 Å². The second kappa shape index (κ2) is 10.1. The van der Waals surface area contributed by atoms with Gasteiger partial charge in [-0.05, 0) is 51.8 Å². The SMILES string of the molecule is O=C(Cc1ccccc1)Nc1cccc(SCC(=O)Nc2ccccc2Br)c1. The van der Waals surface area contributed by atoms with Gasteiger partial charge >= 0.3 is 0 Å². The maximum atomic E-state index is 12.2. The zero-order valence-corrected chi connectivity index (χ0v) is 17.4. The standard InChI is InChI=1S/C22H19BrN2O2S/c23-19-11-4-5-12-20(19)25-22(27)15-28-18-10-6-9-17(14-18)24-21(26)13-16-7-2-1-3-8-16/h1-12,14H,13,15H2,(H,24,26)(H,25,27). The number of thioether (sulfide) groups is 1. The Labute approximate surface area is 176 Å². The first-order valence-corrected chi connectivity index (χ1v) is 10.5. The lowest BCUT2D eigenvalue weighted by molar-refractivity contribution is -0.115. The first kappa shape index (κ1) is 20.2. The van der Waals surface area contributed by atoms with Crippen molar-refractivity contribution in [2.24, 2.45) is 0 Å². The molecule has 0 saturated carbocycles. The molecule has 2 amide bonds. The van der Waals surface area contributed by atoms with Gasteiger partial charge in [-0.15, -0.1) is 11.8 Å². The number of rotatable bonds is 7. The lowest BCUT2D eigenvalue weighted by atomic mass is 10.1. The summed E-state index contributed by atoms with van der Waals surface area (Å²) in [7, 11) is 0. The van der Waals surface area contributed by atoms with Crippen LogP contribution in [0.4, 0.5) is 11.4 Å². The number of anilines is 2. The predicted molar refractivity (Wildman–Crippen MR) is 119 cm³/mol. The number of benzene rings is 3.